The van der Waals surface area contributed by atoms with E-state index in [1.807, 2.05) is 20.8 Å². The number of aromatic amines is 1. The molecule has 2 heterocycles. The van der Waals surface area contributed by atoms with E-state index >= 15 is 0 Å². The van der Waals surface area contributed by atoms with Crippen LogP contribution in [0.25, 0.3) is 0 Å². The van der Waals surface area contributed by atoms with Gasteiger partial charge in [0.15, 0.2) is 0 Å². The lowest BCUT2D eigenvalue weighted by Crippen LogP contribution is -2.50. The van der Waals surface area contributed by atoms with Crippen molar-refractivity contribution in [3.05, 3.63) is 17.0 Å². The summed E-state index contributed by atoms with van der Waals surface area (Å²) in [6.07, 6.45) is 2.23. The first-order chi connectivity index (χ1) is 9.89. The largest absolute Gasteiger partial charge is 0.481 e. The van der Waals surface area contributed by atoms with Gasteiger partial charge in [-0.2, -0.15) is 5.10 Å². The second kappa shape index (κ2) is 5.87. The van der Waals surface area contributed by atoms with Crippen LogP contribution in [0.5, 0.6) is 0 Å². The van der Waals surface area contributed by atoms with E-state index in [1.54, 1.807) is 4.90 Å². The zero-order valence-corrected chi connectivity index (χ0v) is 12.9. The summed E-state index contributed by atoms with van der Waals surface area (Å²) in [7, 11) is 0. The smallest absolute Gasteiger partial charge is 0.311 e. The van der Waals surface area contributed by atoms with E-state index in [4.69, 9.17) is 0 Å². The van der Waals surface area contributed by atoms with Crippen molar-refractivity contribution in [1.29, 1.82) is 0 Å². The minimum atomic E-state index is -0.793. The average Bonchev–Trinajstić information content (AvgIpc) is 2.78. The number of piperidine rings is 1. The summed E-state index contributed by atoms with van der Waals surface area (Å²) < 4.78 is 0. The van der Waals surface area contributed by atoms with E-state index in [9.17, 15) is 14.7 Å². The number of carbonyl (C=O) groups is 2. The van der Waals surface area contributed by atoms with Gasteiger partial charge in [0.05, 0.1) is 17.5 Å². The minimum Gasteiger partial charge on any atom is -0.481 e. The van der Waals surface area contributed by atoms with E-state index in [0.717, 1.165) is 23.4 Å². The lowest BCUT2D eigenvalue weighted by molar-refractivity contribution is -0.155. The molecule has 1 aromatic heterocycles. The molecule has 21 heavy (non-hydrogen) atoms. The molecule has 0 bridgehead atoms. The number of hydrogen-bond donors (Lipinski definition) is 2. The Morgan fingerprint density at radius 1 is 1.43 bits per heavy atom. The molecule has 6 nitrogen and oxygen atoms in total. The Balaban J connectivity index is 2.11. The maximum Gasteiger partial charge on any atom is 0.311 e. The molecular weight excluding hydrogens is 270 g/mol. The zero-order chi connectivity index (χ0) is 15.6. The fraction of sp³-hybridized carbons (Fsp3) is 0.667. The van der Waals surface area contributed by atoms with Crippen LogP contribution in [-0.2, 0) is 16.0 Å². The van der Waals surface area contributed by atoms with Gasteiger partial charge >= 0.3 is 5.97 Å². The van der Waals surface area contributed by atoms with Crippen LogP contribution in [0, 0.1) is 19.3 Å². The van der Waals surface area contributed by atoms with Crippen LogP contribution in [-0.4, -0.2) is 45.2 Å². The summed E-state index contributed by atoms with van der Waals surface area (Å²) in [6, 6.07) is 0. The quantitative estimate of drug-likeness (QED) is 0.884. The van der Waals surface area contributed by atoms with Gasteiger partial charge in [-0.15, -0.1) is 0 Å². The maximum atomic E-state index is 12.5. The fourth-order valence-electron chi connectivity index (χ4n) is 3.06. The summed E-state index contributed by atoms with van der Waals surface area (Å²) in [6.45, 7) is 6.60. The van der Waals surface area contributed by atoms with Gasteiger partial charge in [-0.1, -0.05) is 6.92 Å². The number of aliphatic carboxylic acids is 1. The van der Waals surface area contributed by atoms with E-state index in [2.05, 4.69) is 10.2 Å². The number of aryl methyl sites for hydroxylation is 2. The zero-order valence-electron chi connectivity index (χ0n) is 12.9. The number of aromatic nitrogens is 2. The summed E-state index contributed by atoms with van der Waals surface area (Å²) in [5.41, 5.74) is 1.87. The van der Waals surface area contributed by atoms with Gasteiger partial charge in [-0.3, -0.25) is 14.7 Å². The summed E-state index contributed by atoms with van der Waals surface area (Å²) in [4.78, 5) is 25.7. The highest BCUT2D eigenvalue weighted by atomic mass is 16.4. The molecule has 0 radical (unpaired) electrons. The fourth-order valence-corrected chi connectivity index (χ4v) is 3.06. The molecule has 116 valence electrons. The van der Waals surface area contributed by atoms with Crippen LogP contribution in [0.4, 0.5) is 0 Å². The van der Waals surface area contributed by atoms with Crippen molar-refractivity contribution in [3.63, 3.8) is 0 Å². The standard InChI is InChI=1S/C15H23N3O3/c1-4-15(14(20)21)6-5-7-18(9-15)13(19)8-12-10(2)16-17-11(12)3/h4-9H2,1-3H3,(H,16,17)(H,20,21). The number of carboxylic acids is 1. The van der Waals surface area contributed by atoms with Crippen molar-refractivity contribution in [2.45, 2.75) is 46.5 Å². The molecule has 1 aliphatic rings. The third kappa shape index (κ3) is 2.94. The van der Waals surface area contributed by atoms with E-state index in [0.29, 0.717) is 25.9 Å². The minimum absolute atomic E-state index is 0.0126. The van der Waals surface area contributed by atoms with E-state index in [-0.39, 0.29) is 12.3 Å². The Hall–Kier alpha value is -1.85. The van der Waals surface area contributed by atoms with Crippen molar-refractivity contribution in [1.82, 2.24) is 15.1 Å². The van der Waals surface area contributed by atoms with Crippen molar-refractivity contribution in [2.24, 2.45) is 5.41 Å². The van der Waals surface area contributed by atoms with Crippen LogP contribution in [0.3, 0.4) is 0 Å². The maximum absolute atomic E-state index is 12.5. The molecule has 1 amide bonds. The second-order valence-corrected chi connectivity index (χ2v) is 5.95. The Labute approximate surface area is 124 Å². The second-order valence-electron chi connectivity index (χ2n) is 5.95. The molecule has 0 aromatic carbocycles. The van der Waals surface area contributed by atoms with Crippen molar-refractivity contribution in [3.8, 4) is 0 Å². The van der Waals surface area contributed by atoms with Gasteiger partial charge in [0.2, 0.25) is 5.91 Å². The molecule has 1 atom stereocenters. The number of likely N-dealkylation sites (tertiary alicyclic amines) is 1. The number of amides is 1. The Morgan fingerprint density at radius 2 is 2.14 bits per heavy atom. The number of hydrogen-bond acceptors (Lipinski definition) is 3. The first-order valence-electron chi connectivity index (χ1n) is 7.41. The SMILES string of the molecule is CCC1(C(=O)O)CCCN(C(=O)Cc2c(C)n[nH]c2C)C1. The Bertz CT molecular complexity index is 533. The van der Waals surface area contributed by atoms with Gasteiger partial charge in [0.25, 0.3) is 0 Å². The predicted molar refractivity (Wildman–Crippen MR) is 77.9 cm³/mol. The molecule has 2 N–H and O–H groups in total. The van der Waals surface area contributed by atoms with Gasteiger partial charge in [0.1, 0.15) is 0 Å². The van der Waals surface area contributed by atoms with E-state index < -0.39 is 11.4 Å². The van der Waals surface area contributed by atoms with Crippen LogP contribution < -0.4 is 0 Å². The first-order valence-corrected chi connectivity index (χ1v) is 7.41. The van der Waals surface area contributed by atoms with Crippen LogP contribution >= 0.6 is 0 Å². The lowest BCUT2D eigenvalue weighted by atomic mass is 9.77. The molecular formula is C15H23N3O3. The third-order valence-electron chi connectivity index (χ3n) is 4.67. The lowest BCUT2D eigenvalue weighted by Gasteiger charge is -2.39. The molecule has 1 aliphatic heterocycles. The van der Waals surface area contributed by atoms with Crippen LogP contribution in [0.2, 0.25) is 0 Å². The van der Waals surface area contributed by atoms with Crippen molar-refractivity contribution >= 4 is 11.9 Å². The highest BCUT2D eigenvalue weighted by Gasteiger charge is 2.42. The normalized spacial score (nSPS) is 22.3. The molecule has 2 rings (SSSR count). The molecule has 1 saturated heterocycles. The third-order valence-corrected chi connectivity index (χ3v) is 4.67. The summed E-state index contributed by atoms with van der Waals surface area (Å²) >= 11 is 0. The topological polar surface area (TPSA) is 86.3 Å². The molecule has 0 aliphatic carbocycles. The first kappa shape index (κ1) is 15.5. The van der Waals surface area contributed by atoms with Gasteiger partial charge in [-0.25, -0.2) is 0 Å². The number of nitrogens with one attached hydrogen (secondary N) is 1. The number of nitrogens with zero attached hydrogens (tertiary/aromatic N) is 2. The molecule has 0 saturated carbocycles. The van der Waals surface area contributed by atoms with E-state index in [1.165, 1.54) is 0 Å². The number of carbonyl (C=O) groups excluding carboxylic acids is 1. The van der Waals surface area contributed by atoms with Crippen LogP contribution in [0.15, 0.2) is 0 Å². The highest BCUT2D eigenvalue weighted by molar-refractivity contribution is 5.81. The molecule has 1 unspecified atom stereocenters. The van der Waals surface area contributed by atoms with Gasteiger partial charge in [0, 0.05) is 24.3 Å². The summed E-state index contributed by atoms with van der Waals surface area (Å²) in [5, 5.41) is 16.5. The highest BCUT2D eigenvalue weighted by Crippen LogP contribution is 2.34. The van der Waals surface area contributed by atoms with Gasteiger partial charge < -0.3 is 10.0 Å². The number of H-pyrrole nitrogens is 1. The summed E-state index contributed by atoms with van der Waals surface area (Å²) in [5.74, 6) is -0.806. The monoisotopic (exact) mass is 293 g/mol. The molecule has 0 spiro atoms. The molecule has 6 heteroatoms. The Kier molecular flexibility index (Phi) is 4.34. The molecule has 1 aromatic rings. The predicted octanol–water partition coefficient (Wildman–Crippen LogP) is 1.67. The van der Waals surface area contributed by atoms with Crippen molar-refractivity contribution in [2.75, 3.05) is 13.1 Å². The average molecular weight is 293 g/mol. The van der Waals surface area contributed by atoms with Gasteiger partial charge in [-0.05, 0) is 33.1 Å². The van der Waals surface area contributed by atoms with Crippen LogP contribution in [0.1, 0.15) is 43.1 Å². The number of carboxylic acid groups (broad SMARTS) is 1. The molecule has 1 fully saturated rings. The Morgan fingerprint density at radius 3 is 2.67 bits per heavy atom. The number of rotatable bonds is 4. The van der Waals surface area contributed by atoms with Crippen molar-refractivity contribution < 1.29 is 14.7 Å².